The number of carbonyl (C=O) groups excluding carboxylic acids is 1. The molecule has 0 saturated carbocycles. The van der Waals surface area contributed by atoms with Crippen LogP contribution in [0.1, 0.15) is 13.8 Å². The van der Waals surface area contributed by atoms with Gasteiger partial charge in [0, 0.05) is 12.6 Å². The maximum Gasteiger partial charge on any atom is 0.236 e. The molecule has 1 aliphatic rings. The van der Waals surface area contributed by atoms with Gasteiger partial charge < -0.3 is 10.6 Å². The Hall–Kier alpha value is -0.570. The zero-order chi connectivity index (χ0) is 6.85. The van der Waals surface area contributed by atoms with E-state index in [-0.39, 0.29) is 11.9 Å². The quantitative estimate of drug-likeness (QED) is 0.461. The van der Waals surface area contributed by atoms with E-state index >= 15 is 0 Å². The molecule has 1 amide bonds. The summed E-state index contributed by atoms with van der Waals surface area (Å²) < 4.78 is 0. The van der Waals surface area contributed by atoms with Crippen molar-refractivity contribution in [3.8, 4) is 0 Å². The van der Waals surface area contributed by atoms with Crippen LogP contribution in [0.25, 0.3) is 0 Å². The predicted molar refractivity (Wildman–Crippen MR) is 35.1 cm³/mol. The highest BCUT2D eigenvalue weighted by molar-refractivity contribution is 5.82. The highest BCUT2D eigenvalue weighted by Crippen LogP contribution is 1.92. The van der Waals surface area contributed by atoms with Gasteiger partial charge in [-0.1, -0.05) is 0 Å². The Balaban J connectivity index is 2.44. The second-order valence-corrected chi connectivity index (χ2v) is 2.53. The standard InChI is InChI=1S/C6H12N2O/c1-4-3-7-6(9)5(2)8-4/h4-5,8H,3H2,1-2H3,(H,7,9)/t4-,5+/m1/s1. The van der Waals surface area contributed by atoms with Gasteiger partial charge in [0.05, 0.1) is 6.04 Å². The van der Waals surface area contributed by atoms with Crippen molar-refractivity contribution in [2.75, 3.05) is 6.54 Å². The molecule has 1 heterocycles. The van der Waals surface area contributed by atoms with Crippen molar-refractivity contribution in [3.63, 3.8) is 0 Å². The molecule has 2 N–H and O–H groups in total. The summed E-state index contributed by atoms with van der Waals surface area (Å²) in [6.07, 6.45) is 0. The summed E-state index contributed by atoms with van der Waals surface area (Å²) in [4.78, 5) is 10.8. The Morgan fingerprint density at radius 3 is 2.67 bits per heavy atom. The first-order valence-electron chi connectivity index (χ1n) is 3.24. The van der Waals surface area contributed by atoms with E-state index in [4.69, 9.17) is 0 Å². The molecule has 0 aromatic rings. The first-order valence-corrected chi connectivity index (χ1v) is 3.24. The van der Waals surface area contributed by atoms with Crippen LogP contribution < -0.4 is 10.6 Å². The number of amides is 1. The summed E-state index contributed by atoms with van der Waals surface area (Å²) in [7, 11) is 0. The van der Waals surface area contributed by atoms with Crippen molar-refractivity contribution >= 4 is 5.91 Å². The van der Waals surface area contributed by atoms with Crippen LogP contribution in [-0.4, -0.2) is 24.5 Å². The fourth-order valence-electron chi connectivity index (χ4n) is 0.968. The maximum atomic E-state index is 10.8. The lowest BCUT2D eigenvalue weighted by Crippen LogP contribution is -2.55. The summed E-state index contributed by atoms with van der Waals surface area (Å²) in [5.74, 6) is 0.105. The molecule has 1 rings (SSSR count). The molecule has 0 aromatic carbocycles. The van der Waals surface area contributed by atoms with E-state index in [2.05, 4.69) is 17.6 Å². The monoisotopic (exact) mass is 128 g/mol. The summed E-state index contributed by atoms with van der Waals surface area (Å²) >= 11 is 0. The van der Waals surface area contributed by atoms with Crippen molar-refractivity contribution in [2.24, 2.45) is 0 Å². The first-order chi connectivity index (χ1) is 4.20. The minimum atomic E-state index is -0.0197. The van der Waals surface area contributed by atoms with Crippen LogP contribution in [0.2, 0.25) is 0 Å². The predicted octanol–water partition coefficient (Wildman–Crippen LogP) is -0.517. The van der Waals surface area contributed by atoms with Gasteiger partial charge in [0.25, 0.3) is 0 Å². The third-order valence-corrected chi connectivity index (χ3v) is 1.51. The van der Waals surface area contributed by atoms with Crippen LogP contribution in [0.4, 0.5) is 0 Å². The van der Waals surface area contributed by atoms with Crippen molar-refractivity contribution in [1.29, 1.82) is 0 Å². The van der Waals surface area contributed by atoms with Gasteiger partial charge in [0.15, 0.2) is 0 Å². The molecular weight excluding hydrogens is 116 g/mol. The molecule has 0 spiro atoms. The Morgan fingerprint density at radius 1 is 1.56 bits per heavy atom. The van der Waals surface area contributed by atoms with E-state index < -0.39 is 0 Å². The fourth-order valence-corrected chi connectivity index (χ4v) is 0.968. The van der Waals surface area contributed by atoms with Gasteiger partial charge in [-0.15, -0.1) is 0 Å². The van der Waals surface area contributed by atoms with Crippen LogP contribution in [0.15, 0.2) is 0 Å². The van der Waals surface area contributed by atoms with Gasteiger partial charge >= 0.3 is 0 Å². The smallest absolute Gasteiger partial charge is 0.236 e. The van der Waals surface area contributed by atoms with Crippen LogP contribution in [0.5, 0.6) is 0 Å². The fraction of sp³-hybridized carbons (Fsp3) is 0.833. The van der Waals surface area contributed by atoms with E-state index in [1.807, 2.05) is 6.92 Å². The lowest BCUT2D eigenvalue weighted by molar-refractivity contribution is -0.124. The number of carbonyl (C=O) groups is 1. The van der Waals surface area contributed by atoms with Crippen molar-refractivity contribution in [2.45, 2.75) is 25.9 Å². The summed E-state index contributed by atoms with van der Waals surface area (Å²) in [6, 6.07) is 0.395. The third-order valence-electron chi connectivity index (χ3n) is 1.51. The normalized spacial score (nSPS) is 36.0. The highest BCUT2D eigenvalue weighted by atomic mass is 16.2. The van der Waals surface area contributed by atoms with Gasteiger partial charge in [-0.05, 0) is 13.8 Å². The molecule has 1 fully saturated rings. The van der Waals surface area contributed by atoms with Crippen LogP contribution in [0, 0.1) is 0 Å². The van der Waals surface area contributed by atoms with E-state index in [0.717, 1.165) is 6.54 Å². The number of hydrogen-bond donors (Lipinski definition) is 2. The Bertz CT molecular complexity index is 124. The van der Waals surface area contributed by atoms with Gasteiger partial charge in [0.2, 0.25) is 5.91 Å². The van der Waals surface area contributed by atoms with Gasteiger partial charge in [0.1, 0.15) is 0 Å². The molecule has 2 atom stereocenters. The van der Waals surface area contributed by atoms with Crippen LogP contribution >= 0.6 is 0 Å². The number of hydrogen-bond acceptors (Lipinski definition) is 2. The van der Waals surface area contributed by atoms with Gasteiger partial charge in [-0.3, -0.25) is 4.79 Å². The first kappa shape index (κ1) is 6.55. The van der Waals surface area contributed by atoms with Crippen molar-refractivity contribution in [3.05, 3.63) is 0 Å². The molecule has 3 nitrogen and oxygen atoms in total. The molecule has 0 aliphatic carbocycles. The Morgan fingerprint density at radius 2 is 2.22 bits per heavy atom. The average molecular weight is 128 g/mol. The van der Waals surface area contributed by atoms with Gasteiger partial charge in [-0.2, -0.15) is 0 Å². The molecular formula is C6H12N2O. The van der Waals surface area contributed by atoms with E-state index in [9.17, 15) is 4.79 Å². The average Bonchev–Trinajstić information content (AvgIpc) is 1.80. The van der Waals surface area contributed by atoms with Crippen LogP contribution in [0.3, 0.4) is 0 Å². The van der Waals surface area contributed by atoms with E-state index in [1.165, 1.54) is 0 Å². The lowest BCUT2D eigenvalue weighted by atomic mass is 10.2. The summed E-state index contributed by atoms with van der Waals surface area (Å²) in [6.45, 7) is 4.67. The molecule has 3 heteroatoms. The summed E-state index contributed by atoms with van der Waals surface area (Å²) in [5.41, 5.74) is 0. The topological polar surface area (TPSA) is 41.1 Å². The largest absolute Gasteiger partial charge is 0.353 e. The zero-order valence-corrected chi connectivity index (χ0v) is 5.77. The van der Waals surface area contributed by atoms with Crippen molar-refractivity contribution < 1.29 is 4.79 Å². The summed E-state index contributed by atoms with van der Waals surface area (Å²) in [5, 5.41) is 5.90. The van der Waals surface area contributed by atoms with Crippen molar-refractivity contribution in [1.82, 2.24) is 10.6 Å². The minimum absolute atomic E-state index is 0.0197. The van der Waals surface area contributed by atoms with E-state index in [1.54, 1.807) is 0 Å². The Labute approximate surface area is 54.8 Å². The third kappa shape index (κ3) is 1.42. The van der Waals surface area contributed by atoms with E-state index in [0.29, 0.717) is 6.04 Å². The molecule has 1 aliphatic heterocycles. The molecule has 0 unspecified atom stereocenters. The highest BCUT2D eigenvalue weighted by Gasteiger charge is 2.19. The van der Waals surface area contributed by atoms with Crippen LogP contribution in [-0.2, 0) is 4.79 Å². The number of rotatable bonds is 0. The lowest BCUT2D eigenvalue weighted by Gasteiger charge is -2.25. The zero-order valence-electron chi connectivity index (χ0n) is 5.77. The second-order valence-electron chi connectivity index (χ2n) is 2.53. The minimum Gasteiger partial charge on any atom is -0.353 e. The molecule has 52 valence electrons. The molecule has 0 aromatic heterocycles. The Kier molecular flexibility index (Phi) is 1.71. The SMILES string of the molecule is C[C@@H]1CNC(=O)[C@H](C)N1. The number of nitrogens with one attached hydrogen (secondary N) is 2. The number of piperazine rings is 1. The van der Waals surface area contributed by atoms with Gasteiger partial charge in [-0.25, -0.2) is 0 Å². The second kappa shape index (κ2) is 2.35. The molecule has 0 bridgehead atoms. The maximum absolute atomic E-state index is 10.8. The molecule has 1 saturated heterocycles. The molecule has 9 heavy (non-hydrogen) atoms. The molecule has 0 radical (unpaired) electrons.